The van der Waals surface area contributed by atoms with Crippen molar-refractivity contribution in [2.75, 3.05) is 13.1 Å². The van der Waals surface area contributed by atoms with Gasteiger partial charge in [0.2, 0.25) is 10.0 Å². The van der Waals surface area contributed by atoms with Gasteiger partial charge in [0.15, 0.2) is 4.80 Å². The number of aromatic nitrogens is 1. The fourth-order valence-electron chi connectivity index (χ4n) is 3.69. The van der Waals surface area contributed by atoms with Gasteiger partial charge in [-0.1, -0.05) is 36.8 Å². The number of aryl methyl sites for hydroxylation is 1. The van der Waals surface area contributed by atoms with Crippen LogP contribution in [-0.2, 0) is 16.6 Å². The summed E-state index contributed by atoms with van der Waals surface area (Å²) in [5.74, 6) is 0. The summed E-state index contributed by atoms with van der Waals surface area (Å²) in [4.78, 5) is 6.15. The van der Waals surface area contributed by atoms with Crippen LogP contribution in [0.15, 0.2) is 63.8 Å². The summed E-state index contributed by atoms with van der Waals surface area (Å²) in [6.45, 7) is 6.31. The zero-order valence-corrected chi connectivity index (χ0v) is 19.0. The molecule has 0 aliphatic carbocycles. The normalized spacial score (nSPS) is 15.7. The van der Waals surface area contributed by atoms with E-state index in [0.29, 0.717) is 18.0 Å². The fraction of sp³-hybridized carbons (Fsp3) is 0.348. The SMILES string of the molecule is CCCn1c(-c2ccc(S(=O)(=O)N3CCCC3)cc2)csc1=Nc1ccc(C)cc1. The molecule has 3 aromatic rings. The minimum Gasteiger partial charge on any atom is -0.316 e. The van der Waals surface area contributed by atoms with Gasteiger partial charge in [0, 0.05) is 25.0 Å². The summed E-state index contributed by atoms with van der Waals surface area (Å²) in [7, 11) is -3.39. The second-order valence-corrected chi connectivity index (χ2v) is 10.4. The Hall–Kier alpha value is -2.22. The highest BCUT2D eigenvalue weighted by Crippen LogP contribution is 2.26. The number of thiazole rings is 1. The molecule has 0 spiro atoms. The van der Waals surface area contributed by atoms with Crippen LogP contribution in [0.25, 0.3) is 11.3 Å². The molecule has 1 aliphatic heterocycles. The molecule has 1 aromatic heterocycles. The van der Waals surface area contributed by atoms with Gasteiger partial charge in [-0.3, -0.25) is 0 Å². The maximum atomic E-state index is 12.8. The molecule has 7 heteroatoms. The number of rotatable bonds is 6. The number of hydrogen-bond acceptors (Lipinski definition) is 4. The second kappa shape index (κ2) is 8.88. The van der Waals surface area contributed by atoms with Gasteiger partial charge in [0.05, 0.1) is 16.3 Å². The van der Waals surface area contributed by atoms with Crippen molar-refractivity contribution in [2.24, 2.45) is 4.99 Å². The van der Waals surface area contributed by atoms with Crippen LogP contribution in [0.2, 0.25) is 0 Å². The van der Waals surface area contributed by atoms with Crippen molar-refractivity contribution in [1.29, 1.82) is 0 Å². The van der Waals surface area contributed by atoms with Crippen molar-refractivity contribution in [2.45, 2.75) is 44.6 Å². The molecule has 0 bridgehead atoms. The third kappa shape index (κ3) is 4.29. The third-order valence-corrected chi connectivity index (χ3v) is 8.13. The number of sulfonamides is 1. The summed E-state index contributed by atoms with van der Waals surface area (Å²) in [6, 6.07) is 15.5. The molecule has 0 saturated carbocycles. The number of nitrogens with zero attached hydrogens (tertiary/aromatic N) is 3. The Bertz CT molecular complexity index is 1170. The monoisotopic (exact) mass is 441 g/mol. The second-order valence-electron chi connectivity index (χ2n) is 7.64. The molecule has 1 saturated heterocycles. The molecule has 2 aromatic carbocycles. The molecular weight excluding hydrogens is 414 g/mol. The van der Waals surface area contributed by atoms with Crippen LogP contribution in [0.4, 0.5) is 5.69 Å². The van der Waals surface area contributed by atoms with Crippen LogP contribution in [0.5, 0.6) is 0 Å². The summed E-state index contributed by atoms with van der Waals surface area (Å²) in [5, 5.41) is 2.10. The van der Waals surface area contributed by atoms with E-state index in [1.54, 1.807) is 27.8 Å². The molecular formula is C23H27N3O2S2. The fourth-order valence-corrected chi connectivity index (χ4v) is 6.17. The van der Waals surface area contributed by atoms with Crippen LogP contribution in [0.1, 0.15) is 31.7 Å². The maximum absolute atomic E-state index is 12.8. The van der Waals surface area contributed by atoms with E-state index in [9.17, 15) is 8.42 Å². The molecule has 4 rings (SSSR count). The molecule has 0 atom stereocenters. The molecule has 0 unspecified atom stereocenters. The summed E-state index contributed by atoms with van der Waals surface area (Å²) < 4.78 is 29.4. The van der Waals surface area contributed by atoms with Gasteiger partial charge in [0.25, 0.3) is 0 Å². The van der Waals surface area contributed by atoms with Crippen molar-refractivity contribution in [3.8, 4) is 11.3 Å². The average molecular weight is 442 g/mol. The Morgan fingerprint density at radius 1 is 1.00 bits per heavy atom. The standard InChI is InChI=1S/C23H27N3O2S2/c1-3-14-26-22(17-29-23(26)24-20-10-6-18(2)7-11-20)19-8-12-21(13-9-19)30(27,28)25-15-4-5-16-25/h6-13,17H,3-5,14-16H2,1-2H3. The van der Waals surface area contributed by atoms with Gasteiger partial charge >= 0.3 is 0 Å². The molecule has 1 aliphatic rings. The largest absolute Gasteiger partial charge is 0.316 e. The predicted molar refractivity (Wildman–Crippen MR) is 122 cm³/mol. The quantitative estimate of drug-likeness (QED) is 0.543. The van der Waals surface area contributed by atoms with E-state index in [0.717, 1.165) is 47.6 Å². The molecule has 158 valence electrons. The Labute approximate surface area is 182 Å². The van der Waals surface area contributed by atoms with E-state index in [2.05, 4.69) is 35.9 Å². The molecule has 30 heavy (non-hydrogen) atoms. The lowest BCUT2D eigenvalue weighted by Crippen LogP contribution is -2.27. The van der Waals surface area contributed by atoms with Crippen molar-refractivity contribution in [3.63, 3.8) is 0 Å². The molecule has 5 nitrogen and oxygen atoms in total. The molecule has 0 amide bonds. The van der Waals surface area contributed by atoms with Gasteiger partial charge in [0.1, 0.15) is 0 Å². The van der Waals surface area contributed by atoms with Gasteiger partial charge in [-0.05, 0) is 56.0 Å². The van der Waals surface area contributed by atoms with Crippen LogP contribution < -0.4 is 4.80 Å². The van der Waals surface area contributed by atoms with E-state index in [-0.39, 0.29) is 0 Å². The Balaban J connectivity index is 1.68. The molecule has 0 N–H and O–H groups in total. The predicted octanol–water partition coefficient (Wildman–Crippen LogP) is 4.95. The number of benzene rings is 2. The van der Waals surface area contributed by atoms with Crippen molar-refractivity contribution >= 4 is 27.0 Å². The van der Waals surface area contributed by atoms with Gasteiger partial charge < -0.3 is 4.57 Å². The van der Waals surface area contributed by atoms with E-state index < -0.39 is 10.0 Å². The minimum atomic E-state index is -3.39. The highest BCUT2D eigenvalue weighted by atomic mass is 32.2. The van der Waals surface area contributed by atoms with E-state index in [1.165, 1.54) is 5.56 Å². The molecule has 1 fully saturated rings. The summed E-state index contributed by atoms with van der Waals surface area (Å²) in [5.41, 5.74) is 4.22. The smallest absolute Gasteiger partial charge is 0.243 e. The van der Waals surface area contributed by atoms with Crippen molar-refractivity contribution in [1.82, 2.24) is 8.87 Å². The van der Waals surface area contributed by atoms with E-state index >= 15 is 0 Å². The lowest BCUT2D eigenvalue weighted by Gasteiger charge is -2.16. The van der Waals surface area contributed by atoms with Gasteiger partial charge in [-0.25, -0.2) is 13.4 Å². The third-order valence-electron chi connectivity index (χ3n) is 5.36. The first-order chi connectivity index (χ1) is 14.5. The van der Waals surface area contributed by atoms with Gasteiger partial charge in [-0.2, -0.15) is 4.31 Å². The summed E-state index contributed by atoms with van der Waals surface area (Å²) >= 11 is 1.61. The van der Waals surface area contributed by atoms with Crippen LogP contribution in [-0.4, -0.2) is 30.4 Å². The first-order valence-corrected chi connectivity index (χ1v) is 12.7. The van der Waals surface area contributed by atoms with E-state index in [4.69, 9.17) is 4.99 Å². The maximum Gasteiger partial charge on any atom is 0.243 e. The van der Waals surface area contributed by atoms with Crippen LogP contribution in [0.3, 0.4) is 0 Å². The summed E-state index contributed by atoms with van der Waals surface area (Å²) in [6.07, 6.45) is 2.87. The van der Waals surface area contributed by atoms with Crippen molar-refractivity contribution < 1.29 is 8.42 Å². The number of hydrogen-bond donors (Lipinski definition) is 0. The minimum absolute atomic E-state index is 0.370. The zero-order chi connectivity index (χ0) is 21.1. The van der Waals surface area contributed by atoms with Crippen LogP contribution in [0, 0.1) is 6.92 Å². The van der Waals surface area contributed by atoms with Gasteiger partial charge in [-0.15, -0.1) is 11.3 Å². The molecule has 2 heterocycles. The molecule has 0 radical (unpaired) electrons. The first kappa shape index (κ1) is 21.0. The Kier molecular flexibility index (Phi) is 6.22. The Morgan fingerprint density at radius 2 is 1.67 bits per heavy atom. The lowest BCUT2D eigenvalue weighted by atomic mass is 10.2. The lowest BCUT2D eigenvalue weighted by molar-refractivity contribution is 0.477. The Morgan fingerprint density at radius 3 is 2.30 bits per heavy atom. The highest BCUT2D eigenvalue weighted by Gasteiger charge is 2.27. The highest BCUT2D eigenvalue weighted by molar-refractivity contribution is 7.89. The topological polar surface area (TPSA) is 54.7 Å². The van der Waals surface area contributed by atoms with Crippen molar-refractivity contribution in [3.05, 3.63) is 64.3 Å². The van der Waals surface area contributed by atoms with E-state index in [1.807, 2.05) is 24.3 Å². The average Bonchev–Trinajstić information content (AvgIpc) is 3.42. The first-order valence-electron chi connectivity index (χ1n) is 10.4. The van der Waals surface area contributed by atoms with Crippen LogP contribution >= 0.6 is 11.3 Å². The zero-order valence-electron chi connectivity index (χ0n) is 17.4.